The molecule has 1 heterocycles. The van der Waals surface area contributed by atoms with E-state index in [-0.39, 0.29) is 24.0 Å². The molecule has 0 bridgehead atoms. The maximum absolute atomic E-state index is 5.10. The van der Waals surface area contributed by atoms with Crippen LogP contribution in [0.3, 0.4) is 0 Å². The normalized spacial score (nSPS) is 11.4. The van der Waals surface area contributed by atoms with Crippen LogP contribution in [0, 0.1) is 0 Å². The summed E-state index contributed by atoms with van der Waals surface area (Å²) in [4.78, 5) is 11.2. The van der Waals surface area contributed by atoms with E-state index in [9.17, 15) is 0 Å². The summed E-state index contributed by atoms with van der Waals surface area (Å²) in [6.07, 6.45) is 6.60. The summed E-state index contributed by atoms with van der Waals surface area (Å²) < 4.78 is 7.11. The molecule has 0 radical (unpaired) electrons. The molecule has 0 amide bonds. The number of aromatic nitrogens is 2. The van der Waals surface area contributed by atoms with Crippen molar-refractivity contribution in [3.63, 3.8) is 0 Å². The van der Waals surface area contributed by atoms with E-state index < -0.39 is 0 Å². The van der Waals surface area contributed by atoms with Crippen molar-refractivity contribution in [2.24, 2.45) is 4.99 Å². The summed E-state index contributed by atoms with van der Waals surface area (Å²) in [6, 6.07) is 8.26. The summed E-state index contributed by atoms with van der Waals surface area (Å²) >= 11 is 0. The molecule has 0 saturated carbocycles. The van der Waals surface area contributed by atoms with Crippen LogP contribution < -0.4 is 10.6 Å². The van der Waals surface area contributed by atoms with Gasteiger partial charge in [-0.15, -0.1) is 24.0 Å². The van der Waals surface area contributed by atoms with E-state index in [0.29, 0.717) is 6.54 Å². The Morgan fingerprint density at radius 2 is 2.07 bits per heavy atom. The number of imidazole rings is 1. The summed E-state index contributed by atoms with van der Waals surface area (Å²) in [5, 5.41) is 6.73. The van der Waals surface area contributed by atoms with Crippen molar-refractivity contribution < 1.29 is 4.74 Å². The topological polar surface area (TPSA) is 66.7 Å². The molecule has 0 spiro atoms. The number of aliphatic imine (C=N–C) groups is 1. The molecule has 0 fully saturated rings. The first-order chi connectivity index (χ1) is 13.2. The number of guanidine groups is 1. The van der Waals surface area contributed by atoms with Gasteiger partial charge in [-0.2, -0.15) is 0 Å². The molecule has 1 aromatic heterocycles. The predicted octanol–water partition coefficient (Wildman–Crippen LogP) is 2.51. The average Bonchev–Trinajstić information content (AvgIpc) is 3.21. The fourth-order valence-corrected chi connectivity index (χ4v) is 2.76. The van der Waals surface area contributed by atoms with Gasteiger partial charge < -0.3 is 24.8 Å². The second kappa shape index (κ2) is 14.4. The molecule has 0 aliphatic heterocycles. The van der Waals surface area contributed by atoms with Crippen molar-refractivity contribution in [3.05, 3.63) is 48.5 Å². The van der Waals surface area contributed by atoms with Crippen LogP contribution in [0.2, 0.25) is 0 Å². The van der Waals surface area contributed by atoms with Gasteiger partial charge in [0.05, 0.1) is 18.6 Å². The zero-order valence-electron chi connectivity index (χ0n) is 17.1. The molecule has 0 aliphatic carbocycles. The first-order valence-electron chi connectivity index (χ1n) is 9.50. The van der Waals surface area contributed by atoms with Gasteiger partial charge in [0.25, 0.3) is 0 Å². The lowest BCUT2D eigenvalue weighted by Gasteiger charge is -2.18. The molecule has 2 rings (SSSR count). The number of ether oxygens (including phenoxy) is 1. The van der Waals surface area contributed by atoms with Crippen LogP contribution in [-0.2, 0) is 11.3 Å². The highest BCUT2D eigenvalue weighted by atomic mass is 127. The third-order valence-electron chi connectivity index (χ3n) is 4.20. The van der Waals surface area contributed by atoms with Gasteiger partial charge in [-0.3, -0.25) is 0 Å². The van der Waals surface area contributed by atoms with Crippen molar-refractivity contribution in [2.45, 2.75) is 19.9 Å². The van der Waals surface area contributed by atoms with Gasteiger partial charge in [-0.25, -0.2) is 9.98 Å². The summed E-state index contributed by atoms with van der Waals surface area (Å²) in [6.45, 7) is 7.15. The van der Waals surface area contributed by atoms with Crippen molar-refractivity contribution in [1.82, 2.24) is 25.1 Å². The van der Waals surface area contributed by atoms with Gasteiger partial charge in [0.1, 0.15) is 0 Å². The van der Waals surface area contributed by atoms with Crippen LogP contribution in [0.1, 0.15) is 18.9 Å². The first kappa shape index (κ1) is 24.4. The second-order valence-corrected chi connectivity index (χ2v) is 6.37. The molecule has 2 aromatic rings. The number of benzene rings is 1. The maximum atomic E-state index is 5.10. The summed E-state index contributed by atoms with van der Waals surface area (Å²) in [7, 11) is 3.87. The minimum absolute atomic E-state index is 0. The van der Waals surface area contributed by atoms with Crippen molar-refractivity contribution in [3.8, 4) is 5.69 Å². The van der Waals surface area contributed by atoms with Crippen molar-refractivity contribution in [1.29, 1.82) is 0 Å². The molecule has 8 heteroatoms. The van der Waals surface area contributed by atoms with E-state index >= 15 is 0 Å². The third-order valence-corrected chi connectivity index (χ3v) is 4.20. The van der Waals surface area contributed by atoms with Crippen LogP contribution in [0.15, 0.2) is 48.0 Å². The van der Waals surface area contributed by atoms with Crippen LogP contribution in [-0.4, -0.2) is 67.4 Å². The van der Waals surface area contributed by atoms with Gasteiger partial charge >= 0.3 is 0 Å². The van der Waals surface area contributed by atoms with E-state index in [0.717, 1.165) is 56.4 Å². The molecule has 0 aliphatic rings. The SMILES string of the molecule is CCNC(=NCc1ccccc1-n1ccnc1)NCCN(C)CCCOC.I. The Hall–Kier alpha value is -1.65. The Kier molecular flexibility index (Phi) is 12.5. The number of rotatable bonds is 11. The number of halogens is 1. The number of nitrogens with one attached hydrogen (secondary N) is 2. The standard InChI is InChI=1S/C20H32N6O.HI/c1-4-22-20(23-11-13-25(2)12-7-15-27-3)24-16-18-8-5-6-9-19(18)26-14-10-21-17-26;/h5-6,8-10,14,17H,4,7,11-13,15-16H2,1-3H3,(H2,22,23,24);1H. The molecule has 28 heavy (non-hydrogen) atoms. The largest absolute Gasteiger partial charge is 0.385 e. The van der Waals surface area contributed by atoms with Crippen molar-refractivity contribution >= 4 is 29.9 Å². The van der Waals surface area contributed by atoms with Gasteiger partial charge in [0.2, 0.25) is 0 Å². The zero-order valence-corrected chi connectivity index (χ0v) is 19.4. The fourth-order valence-electron chi connectivity index (χ4n) is 2.76. The highest BCUT2D eigenvalue weighted by Crippen LogP contribution is 2.14. The fraction of sp³-hybridized carbons (Fsp3) is 0.500. The van der Waals surface area contributed by atoms with Crippen LogP contribution >= 0.6 is 24.0 Å². The minimum atomic E-state index is 0. The Morgan fingerprint density at radius 1 is 1.25 bits per heavy atom. The van der Waals surface area contributed by atoms with E-state index in [1.165, 1.54) is 0 Å². The Bertz CT molecular complexity index is 677. The molecule has 0 saturated heterocycles. The highest BCUT2D eigenvalue weighted by molar-refractivity contribution is 14.0. The Labute approximate surface area is 185 Å². The molecule has 1 aromatic carbocycles. The molecule has 0 unspecified atom stereocenters. The minimum Gasteiger partial charge on any atom is -0.385 e. The van der Waals surface area contributed by atoms with Crippen molar-refractivity contribution in [2.75, 3.05) is 46.9 Å². The highest BCUT2D eigenvalue weighted by Gasteiger charge is 2.05. The second-order valence-electron chi connectivity index (χ2n) is 6.37. The van der Waals surface area contributed by atoms with E-state index in [2.05, 4.69) is 46.6 Å². The molecule has 2 N–H and O–H groups in total. The Morgan fingerprint density at radius 3 is 2.79 bits per heavy atom. The third kappa shape index (κ3) is 8.57. The summed E-state index contributed by atoms with van der Waals surface area (Å²) in [5.41, 5.74) is 2.26. The lowest BCUT2D eigenvalue weighted by atomic mass is 10.2. The number of para-hydroxylation sites is 1. The lowest BCUT2D eigenvalue weighted by Crippen LogP contribution is -2.41. The predicted molar refractivity (Wildman–Crippen MR) is 126 cm³/mol. The van der Waals surface area contributed by atoms with Crippen LogP contribution in [0.5, 0.6) is 0 Å². The number of nitrogens with zero attached hydrogens (tertiary/aromatic N) is 4. The smallest absolute Gasteiger partial charge is 0.191 e. The lowest BCUT2D eigenvalue weighted by molar-refractivity contribution is 0.180. The molecule has 156 valence electrons. The van der Waals surface area contributed by atoms with Crippen LogP contribution in [0.4, 0.5) is 0 Å². The first-order valence-corrected chi connectivity index (χ1v) is 9.50. The van der Waals surface area contributed by atoms with E-state index in [4.69, 9.17) is 9.73 Å². The zero-order chi connectivity index (χ0) is 19.3. The monoisotopic (exact) mass is 500 g/mol. The van der Waals surface area contributed by atoms with Gasteiger partial charge in [0, 0.05) is 52.3 Å². The molecule has 7 nitrogen and oxygen atoms in total. The molecule has 0 atom stereocenters. The number of hydrogen-bond donors (Lipinski definition) is 2. The van der Waals surface area contributed by atoms with Gasteiger partial charge in [-0.05, 0) is 32.0 Å². The van der Waals surface area contributed by atoms with Crippen LogP contribution in [0.25, 0.3) is 5.69 Å². The number of likely N-dealkylation sites (N-methyl/N-ethyl adjacent to an activating group) is 1. The van der Waals surface area contributed by atoms with E-state index in [1.807, 2.05) is 29.2 Å². The van der Waals surface area contributed by atoms with E-state index in [1.54, 1.807) is 13.3 Å². The Balaban J connectivity index is 0.00000392. The quantitative estimate of drug-likeness (QED) is 0.215. The average molecular weight is 500 g/mol. The molecular weight excluding hydrogens is 467 g/mol. The molecular formula is C20H33IN6O. The van der Waals surface area contributed by atoms with Gasteiger partial charge in [0.15, 0.2) is 5.96 Å². The maximum Gasteiger partial charge on any atom is 0.191 e. The summed E-state index contributed by atoms with van der Waals surface area (Å²) in [5.74, 6) is 0.836. The number of methoxy groups -OCH3 is 1. The number of hydrogen-bond acceptors (Lipinski definition) is 4. The van der Waals surface area contributed by atoms with Gasteiger partial charge in [-0.1, -0.05) is 18.2 Å².